The number of rotatable bonds is 3. The number of hydrogen-bond donors (Lipinski definition) is 1. The molecule has 0 saturated carbocycles. The van der Waals surface area contributed by atoms with Gasteiger partial charge in [-0.15, -0.1) is 11.8 Å². The summed E-state index contributed by atoms with van der Waals surface area (Å²) in [5.41, 5.74) is 0.149. The van der Waals surface area contributed by atoms with Gasteiger partial charge in [0.25, 0.3) is 0 Å². The van der Waals surface area contributed by atoms with Crippen molar-refractivity contribution < 1.29 is 14.7 Å². The second kappa shape index (κ2) is 3.16. The minimum atomic E-state index is -1.02. The van der Waals surface area contributed by atoms with Crippen molar-refractivity contribution in [1.82, 2.24) is 4.90 Å². The first-order valence-electron chi connectivity index (χ1n) is 4.21. The Labute approximate surface area is 85.3 Å². The van der Waals surface area contributed by atoms with Gasteiger partial charge in [0.1, 0.15) is 5.70 Å². The predicted octanol–water partition coefficient (Wildman–Crippen LogP) is 1.16. The van der Waals surface area contributed by atoms with Gasteiger partial charge < -0.3 is 10.0 Å². The molecule has 1 saturated heterocycles. The van der Waals surface area contributed by atoms with Crippen LogP contribution in [0, 0.1) is 0 Å². The number of aliphatic carboxylic acids is 1. The zero-order valence-electron chi connectivity index (χ0n) is 7.40. The SMILES string of the molecule is C=CSC1=C(C(=O)O)N2C(=O)CC2C1. The molecule has 0 aromatic heterocycles. The zero-order chi connectivity index (χ0) is 10.3. The zero-order valence-corrected chi connectivity index (χ0v) is 8.21. The molecule has 0 spiro atoms. The summed E-state index contributed by atoms with van der Waals surface area (Å²) in [4.78, 5) is 24.2. The van der Waals surface area contributed by atoms with Crippen LogP contribution in [0.5, 0.6) is 0 Å². The fourth-order valence-electron chi connectivity index (χ4n) is 1.82. The Bertz CT molecular complexity index is 361. The van der Waals surface area contributed by atoms with Crippen molar-refractivity contribution in [2.24, 2.45) is 0 Å². The molecule has 74 valence electrons. The van der Waals surface area contributed by atoms with Crippen LogP contribution in [0.15, 0.2) is 22.6 Å². The van der Waals surface area contributed by atoms with Gasteiger partial charge in [-0.1, -0.05) is 6.58 Å². The smallest absolute Gasteiger partial charge is 0.353 e. The van der Waals surface area contributed by atoms with Crippen molar-refractivity contribution in [1.29, 1.82) is 0 Å². The molecule has 4 nitrogen and oxygen atoms in total. The van der Waals surface area contributed by atoms with E-state index in [2.05, 4.69) is 6.58 Å². The lowest BCUT2D eigenvalue weighted by Crippen LogP contribution is -2.49. The second-order valence-electron chi connectivity index (χ2n) is 3.19. The number of fused-ring (bicyclic) bond motifs is 1. The molecule has 1 atom stereocenters. The molecule has 2 heterocycles. The number of carbonyl (C=O) groups excluding carboxylic acids is 1. The van der Waals surface area contributed by atoms with Crippen molar-refractivity contribution in [3.63, 3.8) is 0 Å². The maximum Gasteiger partial charge on any atom is 0.353 e. The van der Waals surface area contributed by atoms with Crippen LogP contribution in [0.4, 0.5) is 0 Å². The van der Waals surface area contributed by atoms with Crippen LogP contribution >= 0.6 is 11.8 Å². The molecule has 0 radical (unpaired) electrons. The van der Waals surface area contributed by atoms with E-state index in [1.165, 1.54) is 16.7 Å². The van der Waals surface area contributed by atoms with Crippen molar-refractivity contribution >= 4 is 23.6 Å². The lowest BCUT2D eigenvalue weighted by molar-refractivity contribution is -0.147. The monoisotopic (exact) mass is 211 g/mol. The molecule has 1 amide bonds. The van der Waals surface area contributed by atoms with E-state index in [1.54, 1.807) is 5.41 Å². The van der Waals surface area contributed by atoms with Gasteiger partial charge in [-0.3, -0.25) is 4.79 Å². The third-order valence-corrected chi connectivity index (χ3v) is 3.21. The molecular formula is C9H9NO3S. The summed E-state index contributed by atoms with van der Waals surface area (Å²) in [5.74, 6) is -1.11. The van der Waals surface area contributed by atoms with Crippen molar-refractivity contribution in [2.45, 2.75) is 18.9 Å². The average molecular weight is 211 g/mol. The summed E-state index contributed by atoms with van der Waals surface area (Å²) in [7, 11) is 0. The Morgan fingerprint density at radius 3 is 2.86 bits per heavy atom. The number of carboxylic acids is 1. The van der Waals surface area contributed by atoms with E-state index >= 15 is 0 Å². The van der Waals surface area contributed by atoms with Crippen LogP contribution < -0.4 is 0 Å². The second-order valence-corrected chi connectivity index (χ2v) is 4.25. The molecule has 2 aliphatic rings. The minimum absolute atomic E-state index is 0.0797. The van der Waals surface area contributed by atoms with Crippen LogP contribution in [0.1, 0.15) is 12.8 Å². The van der Waals surface area contributed by atoms with Crippen LogP contribution in [0.3, 0.4) is 0 Å². The highest BCUT2D eigenvalue weighted by atomic mass is 32.2. The standard InChI is InChI=1S/C9H9NO3S/c1-2-14-6-3-5-4-7(11)10(5)8(6)9(12)13/h2,5H,1,3-4H2,(H,12,13). The maximum absolute atomic E-state index is 11.2. The Balaban J connectivity index is 2.32. The quantitative estimate of drug-likeness (QED) is 0.712. The molecule has 0 aromatic carbocycles. The molecule has 0 bridgehead atoms. The number of β-lactam (4-membered cyclic amide) rings is 1. The first-order chi connectivity index (χ1) is 6.65. The van der Waals surface area contributed by atoms with Crippen LogP contribution in [0.2, 0.25) is 0 Å². The van der Waals surface area contributed by atoms with E-state index in [0.29, 0.717) is 12.8 Å². The minimum Gasteiger partial charge on any atom is -0.477 e. The third kappa shape index (κ3) is 1.16. The number of amides is 1. The first kappa shape index (κ1) is 9.33. The normalized spacial score (nSPS) is 24.7. The van der Waals surface area contributed by atoms with Crippen LogP contribution in [0.25, 0.3) is 0 Å². The Kier molecular flexibility index (Phi) is 2.11. The van der Waals surface area contributed by atoms with E-state index in [1.807, 2.05) is 0 Å². The number of carboxylic acid groups (broad SMARTS) is 1. The summed E-state index contributed by atoms with van der Waals surface area (Å²) in [5, 5.41) is 10.5. The summed E-state index contributed by atoms with van der Waals surface area (Å²) in [6.07, 6.45) is 1.13. The Morgan fingerprint density at radius 2 is 2.36 bits per heavy atom. The number of carbonyl (C=O) groups is 2. The molecule has 0 aliphatic carbocycles. The van der Waals surface area contributed by atoms with Gasteiger partial charge in [0.15, 0.2) is 0 Å². The maximum atomic E-state index is 11.2. The van der Waals surface area contributed by atoms with Crippen molar-refractivity contribution in [2.75, 3.05) is 0 Å². The molecule has 1 unspecified atom stereocenters. The van der Waals surface area contributed by atoms with Crippen LogP contribution in [-0.4, -0.2) is 27.9 Å². The largest absolute Gasteiger partial charge is 0.477 e. The highest BCUT2D eigenvalue weighted by Crippen LogP contribution is 2.42. The predicted molar refractivity (Wildman–Crippen MR) is 52.3 cm³/mol. The van der Waals surface area contributed by atoms with E-state index in [0.717, 1.165) is 4.91 Å². The summed E-state index contributed by atoms with van der Waals surface area (Å²) in [6.45, 7) is 3.54. The average Bonchev–Trinajstić information content (AvgIpc) is 2.39. The van der Waals surface area contributed by atoms with Gasteiger partial charge in [0.05, 0.1) is 6.04 Å². The van der Waals surface area contributed by atoms with Crippen molar-refractivity contribution in [3.8, 4) is 0 Å². The van der Waals surface area contributed by atoms with Gasteiger partial charge >= 0.3 is 5.97 Å². The molecule has 1 N–H and O–H groups in total. The fourth-order valence-corrected chi connectivity index (χ4v) is 2.61. The summed E-state index contributed by atoms with van der Waals surface area (Å²) < 4.78 is 0. The van der Waals surface area contributed by atoms with E-state index in [-0.39, 0.29) is 17.6 Å². The van der Waals surface area contributed by atoms with E-state index < -0.39 is 5.97 Å². The van der Waals surface area contributed by atoms with E-state index in [9.17, 15) is 9.59 Å². The molecule has 2 aliphatic heterocycles. The van der Waals surface area contributed by atoms with Crippen molar-refractivity contribution in [3.05, 3.63) is 22.6 Å². The first-order valence-corrected chi connectivity index (χ1v) is 5.09. The number of hydrogen-bond acceptors (Lipinski definition) is 3. The Hall–Kier alpha value is -1.23. The third-order valence-electron chi connectivity index (χ3n) is 2.40. The van der Waals surface area contributed by atoms with Gasteiger partial charge in [0.2, 0.25) is 5.91 Å². The summed E-state index contributed by atoms with van der Waals surface area (Å²) >= 11 is 1.29. The molecule has 14 heavy (non-hydrogen) atoms. The highest BCUT2D eigenvalue weighted by Gasteiger charge is 2.47. The van der Waals surface area contributed by atoms with Gasteiger partial charge in [-0.25, -0.2) is 4.79 Å². The van der Waals surface area contributed by atoms with Gasteiger partial charge in [-0.05, 0) is 5.41 Å². The lowest BCUT2D eigenvalue weighted by atomic mass is 10.0. The molecular weight excluding hydrogens is 202 g/mol. The van der Waals surface area contributed by atoms with E-state index in [4.69, 9.17) is 5.11 Å². The fraction of sp³-hybridized carbons (Fsp3) is 0.333. The molecule has 0 aromatic rings. The highest BCUT2D eigenvalue weighted by molar-refractivity contribution is 8.05. The summed E-state index contributed by atoms with van der Waals surface area (Å²) in [6, 6.07) is 0.0797. The van der Waals surface area contributed by atoms with Gasteiger partial charge in [-0.2, -0.15) is 0 Å². The van der Waals surface area contributed by atoms with Gasteiger partial charge in [0, 0.05) is 17.7 Å². The number of thioether (sulfide) groups is 1. The lowest BCUT2D eigenvalue weighted by Gasteiger charge is -2.34. The molecule has 2 rings (SSSR count). The molecule has 5 heteroatoms. The van der Waals surface area contributed by atoms with Crippen LogP contribution in [-0.2, 0) is 9.59 Å². The number of nitrogens with zero attached hydrogens (tertiary/aromatic N) is 1. The molecule has 1 fully saturated rings. The Morgan fingerprint density at radius 1 is 1.64 bits per heavy atom. The topological polar surface area (TPSA) is 57.6 Å².